The highest BCUT2D eigenvalue weighted by Gasteiger charge is 2.46. The molecule has 1 rings (SSSR count). The molecule has 1 fully saturated rings. The number of amides is 1. The van der Waals surface area contributed by atoms with Crippen molar-refractivity contribution in [1.82, 2.24) is 4.90 Å². The third-order valence-corrected chi connectivity index (χ3v) is 9.75. The van der Waals surface area contributed by atoms with E-state index >= 15 is 0 Å². The lowest BCUT2D eigenvalue weighted by atomic mass is 9.87. The molecule has 0 radical (unpaired) electrons. The summed E-state index contributed by atoms with van der Waals surface area (Å²) in [7, 11) is -2.03. The molecule has 3 atom stereocenters. The quantitative estimate of drug-likeness (QED) is 0.757. The van der Waals surface area contributed by atoms with E-state index in [4.69, 9.17) is 4.43 Å². The summed E-state index contributed by atoms with van der Waals surface area (Å²) in [6, 6.07) is -0.204. The molecule has 5 nitrogen and oxygen atoms in total. The van der Waals surface area contributed by atoms with Gasteiger partial charge in [-0.1, -0.05) is 20.8 Å². The summed E-state index contributed by atoms with van der Waals surface area (Å²) in [6.45, 7) is 16.6. The van der Waals surface area contributed by atoms with Gasteiger partial charge in [0.1, 0.15) is 0 Å². The van der Waals surface area contributed by atoms with Crippen LogP contribution in [0.25, 0.3) is 0 Å². The molecule has 0 aromatic heterocycles. The Morgan fingerprint density at radius 2 is 1.65 bits per heavy atom. The highest BCUT2D eigenvalue weighted by Crippen LogP contribution is 2.40. The number of hydrogen-bond acceptors (Lipinski definition) is 3. The van der Waals surface area contributed by atoms with Crippen molar-refractivity contribution in [2.75, 3.05) is 0 Å². The Morgan fingerprint density at radius 1 is 1.13 bits per heavy atom. The minimum atomic E-state index is -2.03. The van der Waals surface area contributed by atoms with Gasteiger partial charge in [-0.15, -0.1) is 0 Å². The first-order chi connectivity index (χ1) is 10.2. The summed E-state index contributed by atoms with van der Waals surface area (Å²) in [5.74, 6) is 0. The van der Waals surface area contributed by atoms with Crippen LogP contribution >= 0.6 is 0 Å². The van der Waals surface area contributed by atoms with Crippen LogP contribution in [0.5, 0.6) is 0 Å². The van der Waals surface area contributed by atoms with E-state index in [0.717, 1.165) is 0 Å². The van der Waals surface area contributed by atoms with Gasteiger partial charge in [0.25, 0.3) is 0 Å². The molecule has 0 saturated heterocycles. The fraction of sp³-hybridized carbons (Fsp3) is 0.941. The molecule has 0 aromatic carbocycles. The molecule has 136 valence electrons. The van der Waals surface area contributed by atoms with E-state index in [9.17, 15) is 15.0 Å². The molecule has 0 heterocycles. The highest BCUT2D eigenvalue weighted by molar-refractivity contribution is 6.74. The van der Waals surface area contributed by atoms with E-state index in [2.05, 4.69) is 33.9 Å². The van der Waals surface area contributed by atoms with E-state index in [1.165, 1.54) is 4.90 Å². The van der Waals surface area contributed by atoms with Crippen molar-refractivity contribution < 1.29 is 19.4 Å². The molecule has 0 unspecified atom stereocenters. The Kier molecular flexibility index (Phi) is 5.98. The van der Waals surface area contributed by atoms with Crippen molar-refractivity contribution in [3.05, 3.63) is 0 Å². The molecule has 1 aliphatic rings. The first kappa shape index (κ1) is 20.5. The Morgan fingerprint density at radius 3 is 2.04 bits per heavy atom. The minimum absolute atomic E-state index is 0.0513. The van der Waals surface area contributed by atoms with Crippen LogP contribution in [0.4, 0.5) is 4.79 Å². The molecule has 0 bridgehead atoms. The number of carbonyl (C=O) groups is 1. The maximum absolute atomic E-state index is 11.9. The van der Waals surface area contributed by atoms with Gasteiger partial charge in [0.2, 0.25) is 0 Å². The number of carboxylic acid groups (broad SMARTS) is 1. The maximum atomic E-state index is 11.9. The number of aliphatic hydroxyl groups is 1. The van der Waals surface area contributed by atoms with Crippen LogP contribution in [-0.2, 0) is 4.43 Å². The summed E-state index contributed by atoms with van der Waals surface area (Å²) < 4.78 is 6.53. The first-order valence-corrected chi connectivity index (χ1v) is 11.5. The van der Waals surface area contributed by atoms with E-state index < -0.39 is 26.1 Å². The van der Waals surface area contributed by atoms with Gasteiger partial charge in [-0.2, -0.15) is 0 Å². The normalized spacial score (nSPS) is 26.9. The monoisotopic (exact) mass is 345 g/mol. The number of rotatable bonds is 3. The van der Waals surface area contributed by atoms with Crippen molar-refractivity contribution in [1.29, 1.82) is 0 Å². The Bertz CT molecular complexity index is 425. The SMILES string of the molecule is CC(C)(C)N(C(=O)O)[C@H]1CC[C@@H](O)C[C@@H]1O[Si](C)(C)C(C)(C)C. The minimum Gasteiger partial charge on any atom is -0.465 e. The summed E-state index contributed by atoms with van der Waals surface area (Å²) in [6.07, 6.45) is 0.220. The molecular weight excluding hydrogens is 310 g/mol. The molecular formula is C17H35NO4Si. The molecule has 6 heteroatoms. The van der Waals surface area contributed by atoms with E-state index in [-0.39, 0.29) is 17.2 Å². The van der Waals surface area contributed by atoms with E-state index in [1.54, 1.807) is 0 Å². The van der Waals surface area contributed by atoms with Gasteiger partial charge >= 0.3 is 6.09 Å². The van der Waals surface area contributed by atoms with Gasteiger partial charge in [0, 0.05) is 12.0 Å². The largest absolute Gasteiger partial charge is 0.465 e. The van der Waals surface area contributed by atoms with Crippen LogP contribution in [0.15, 0.2) is 0 Å². The second-order valence-electron chi connectivity index (χ2n) is 9.27. The van der Waals surface area contributed by atoms with Crippen molar-refractivity contribution in [2.24, 2.45) is 0 Å². The number of hydrogen-bond donors (Lipinski definition) is 2. The lowest BCUT2D eigenvalue weighted by molar-refractivity contribution is -0.0391. The molecule has 2 N–H and O–H groups in total. The van der Waals surface area contributed by atoms with Crippen molar-refractivity contribution >= 4 is 14.4 Å². The van der Waals surface area contributed by atoms with Crippen LogP contribution in [-0.4, -0.2) is 53.3 Å². The van der Waals surface area contributed by atoms with Crippen molar-refractivity contribution in [3.63, 3.8) is 0 Å². The first-order valence-electron chi connectivity index (χ1n) is 8.55. The third-order valence-electron chi connectivity index (χ3n) is 5.24. The second kappa shape index (κ2) is 6.73. The average Bonchev–Trinajstić information content (AvgIpc) is 2.28. The number of nitrogens with zero attached hydrogens (tertiary/aromatic N) is 1. The Hall–Kier alpha value is -0.593. The average molecular weight is 346 g/mol. The lowest BCUT2D eigenvalue weighted by Crippen LogP contribution is -2.60. The van der Waals surface area contributed by atoms with Crippen molar-refractivity contribution in [2.45, 2.75) is 103 Å². The zero-order chi connectivity index (χ0) is 18.2. The lowest BCUT2D eigenvalue weighted by Gasteiger charge is -2.49. The molecule has 0 spiro atoms. The third kappa shape index (κ3) is 4.94. The van der Waals surface area contributed by atoms with Crippen LogP contribution in [0.1, 0.15) is 60.8 Å². The fourth-order valence-electron chi connectivity index (χ4n) is 3.00. The zero-order valence-electron chi connectivity index (χ0n) is 16.0. The van der Waals surface area contributed by atoms with Gasteiger partial charge < -0.3 is 14.6 Å². The van der Waals surface area contributed by atoms with Crippen molar-refractivity contribution in [3.8, 4) is 0 Å². The predicted octanol–water partition coefficient (Wildman–Crippen LogP) is 4.07. The van der Waals surface area contributed by atoms with Gasteiger partial charge in [-0.25, -0.2) is 4.79 Å². The Labute approximate surface area is 142 Å². The van der Waals surface area contributed by atoms with Crippen LogP contribution in [0, 0.1) is 0 Å². The van der Waals surface area contributed by atoms with Gasteiger partial charge in [0.05, 0.1) is 18.2 Å². The molecule has 1 saturated carbocycles. The summed E-state index contributed by atoms with van der Waals surface area (Å²) >= 11 is 0. The topological polar surface area (TPSA) is 70.0 Å². The van der Waals surface area contributed by atoms with Crippen LogP contribution < -0.4 is 0 Å². The van der Waals surface area contributed by atoms with Crippen LogP contribution in [0.3, 0.4) is 0 Å². The second-order valence-corrected chi connectivity index (χ2v) is 14.0. The summed E-state index contributed by atoms with van der Waals surface area (Å²) in [5, 5.41) is 19.9. The molecule has 0 aromatic rings. The van der Waals surface area contributed by atoms with Gasteiger partial charge in [0.15, 0.2) is 8.32 Å². The maximum Gasteiger partial charge on any atom is 0.408 e. The molecule has 1 amide bonds. The van der Waals surface area contributed by atoms with Gasteiger partial charge in [-0.05, 0) is 51.7 Å². The zero-order valence-corrected chi connectivity index (χ0v) is 17.0. The smallest absolute Gasteiger partial charge is 0.408 e. The summed E-state index contributed by atoms with van der Waals surface area (Å²) in [4.78, 5) is 13.4. The predicted molar refractivity (Wildman–Crippen MR) is 95.3 cm³/mol. The molecule has 0 aliphatic heterocycles. The number of aliphatic hydroxyl groups excluding tert-OH is 1. The fourth-order valence-corrected chi connectivity index (χ4v) is 4.36. The molecule has 23 heavy (non-hydrogen) atoms. The standard InChI is InChI=1S/C17H35NO4Si/c1-16(2,3)18(15(20)21)13-10-9-12(19)11-14(13)22-23(7,8)17(4,5)6/h12-14,19H,9-11H2,1-8H3,(H,20,21)/t12-,13+,14+/m1/s1. The van der Waals surface area contributed by atoms with Crippen LogP contribution in [0.2, 0.25) is 18.1 Å². The van der Waals surface area contributed by atoms with E-state index in [1.807, 2.05) is 20.8 Å². The Balaban J connectivity index is 3.11. The van der Waals surface area contributed by atoms with Gasteiger partial charge in [-0.3, -0.25) is 4.90 Å². The summed E-state index contributed by atoms with van der Waals surface area (Å²) in [5.41, 5.74) is -0.492. The molecule has 1 aliphatic carbocycles. The van der Waals surface area contributed by atoms with E-state index in [0.29, 0.717) is 19.3 Å². The highest BCUT2D eigenvalue weighted by atomic mass is 28.4.